The first-order valence-corrected chi connectivity index (χ1v) is 10.8. The Morgan fingerprint density at radius 2 is 1.67 bits per heavy atom. The van der Waals surface area contributed by atoms with Crippen LogP contribution in [0.5, 0.6) is 0 Å². The maximum Gasteiger partial charge on any atom is 0.416 e. The van der Waals surface area contributed by atoms with Gasteiger partial charge < -0.3 is 15.4 Å². The summed E-state index contributed by atoms with van der Waals surface area (Å²) in [5, 5.41) is 13.5. The number of hydrogen-bond acceptors (Lipinski definition) is 3. The Morgan fingerprint density at radius 3 is 2.39 bits per heavy atom. The molecule has 168 valence electrons. The minimum atomic E-state index is -4.39. The van der Waals surface area contributed by atoms with Crippen LogP contribution >= 0.6 is 0 Å². The number of imidazole rings is 1. The van der Waals surface area contributed by atoms with E-state index in [0.29, 0.717) is 29.3 Å². The molecule has 4 nitrogen and oxygen atoms in total. The molecule has 0 saturated carbocycles. The monoisotopic (exact) mass is 449 g/mol. The van der Waals surface area contributed by atoms with E-state index >= 15 is 0 Å². The van der Waals surface area contributed by atoms with E-state index in [1.807, 2.05) is 42.5 Å². The minimum absolute atomic E-state index is 0.375. The molecule has 0 aliphatic heterocycles. The number of aromatic amines is 1. The number of anilines is 2. The molecule has 4 aromatic rings. The summed E-state index contributed by atoms with van der Waals surface area (Å²) in [6.45, 7) is 0. The molecule has 0 radical (unpaired) electrons. The molecule has 1 unspecified atom stereocenters. The number of H-pyrrole nitrogens is 1. The third kappa shape index (κ3) is 4.36. The fraction of sp³-hybridized carbons (Fsp3) is 0.192. The van der Waals surface area contributed by atoms with Crippen molar-refractivity contribution in [2.24, 2.45) is 0 Å². The molecule has 0 saturated heterocycles. The van der Waals surface area contributed by atoms with Crippen molar-refractivity contribution in [3.05, 3.63) is 89.5 Å². The first kappa shape index (κ1) is 21.3. The van der Waals surface area contributed by atoms with Crippen molar-refractivity contribution < 1.29 is 18.3 Å². The van der Waals surface area contributed by atoms with Gasteiger partial charge in [-0.1, -0.05) is 54.6 Å². The molecule has 5 rings (SSSR count). The summed E-state index contributed by atoms with van der Waals surface area (Å²) in [6, 6.07) is 20.5. The summed E-state index contributed by atoms with van der Waals surface area (Å²) in [5.41, 5.74) is 5.14. The second kappa shape index (κ2) is 8.41. The largest absolute Gasteiger partial charge is 0.416 e. The Morgan fingerprint density at radius 1 is 0.909 bits per heavy atom. The number of benzene rings is 3. The van der Waals surface area contributed by atoms with E-state index in [4.69, 9.17) is 4.98 Å². The molecular weight excluding hydrogens is 427 g/mol. The number of aliphatic hydroxyl groups is 1. The summed E-state index contributed by atoms with van der Waals surface area (Å²) in [6.07, 6.45) is -2.64. The Balaban J connectivity index is 1.55. The highest BCUT2D eigenvalue weighted by Crippen LogP contribution is 2.36. The van der Waals surface area contributed by atoms with Crippen LogP contribution in [0.1, 0.15) is 23.1 Å². The molecule has 0 bridgehead atoms. The smallest absolute Gasteiger partial charge is 0.393 e. The Labute approximate surface area is 189 Å². The van der Waals surface area contributed by atoms with Crippen molar-refractivity contribution in [3.63, 3.8) is 0 Å². The molecule has 0 amide bonds. The normalized spacial score (nSPS) is 15.8. The zero-order chi connectivity index (χ0) is 23.0. The lowest BCUT2D eigenvalue weighted by molar-refractivity contribution is -0.137. The zero-order valence-corrected chi connectivity index (χ0v) is 17.7. The summed E-state index contributed by atoms with van der Waals surface area (Å²) < 4.78 is 39.1. The van der Waals surface area contributed by atoms with E-state index in [0.717, 1.165) is 41.8 Å². The van der Waals surface area contributed by atoms with Gasteiger partial charge in [-0.05, 0) is 42.2 Å². The Bertz CT molecular complexity index is 1260. The summed E-state index contributed by atoms with van der Waals surface area (Å²) >= 11 is 0. The van der Waals surface area contributed by atoms with Gasteiger partial charge in [-0.15, -0.1) is 0 Å². The second-order valence-electron chi connectivity index (χ2n) is 8.22. The van der Waals surface area contributed by atoms with Gasteiger partial charge in [0.1, 0.15) is 0 Å². The fourth-order valence-corrected chi connectivity index (χ4v) is 4.29. The second-order valence-corrected chi connectivity index (χ2v) is 8.22. The highest BCUT2D eigenvalue weighted by atomic mass is 19.4. The average Bonchev–Trinajstić information content (AvgIpc) is 3.23. The minimum Gasteiger partial charge on any atom is -0.393 e. The average molecular weight is 449 g/mol. The number of hydrogen-bond donors (Lipinski definition) is 3. The third-order valence-corrected chi connectivity index (χ3v) is 5.96. The van der Waals surface area contributed by atoms with Gasteiger partial charge in [0.25, 0.3) is 0 Å². The lowest BCUT2D eigenvalue weighted by Gasteiger charge is -2.23. The van der Waals surface area contributed by atoms with Gasteiger partial charge in [-0.3, -0.25) is 0 Å². The van der Waals surface area contributed by atoms with E-state index in [-0.39, 0.29) is 6.10 Å². The number of aliphatic hydroxyl groups excluding tert-OH is 1. The number of halogens is 3. The van der Waals surface area contributed by atoms with Gasteiger partial charge >= 0.3 is 6.18 Å². The lowest BCUT2D eigenvalue weighted by atomic mass is 9.88. The number of alkyl halides is 3. The molecule has 1 heterocycles. The van der Waals surface area contributed by atoms with Crippen molar-refractivity contribution >= 4 is 11.6 Å². The highest BCUT2D eigenvalue weighted by molar-refractivity contribution is 5.81. The quantitative estimate of drug-likeness (QED) is 0.340. The molecule has 1 atom stereocenters. The van der Waals surface area contributed by atoms with E-state index in [9.17, 15) is 18.3 Å². The molecule has 33 heavy (non-hydrogen) atoms. The standard InChI is InChI=1S/C26H22F3N3O/c27-26(28,29)19-12-9-18(10-13-19)24-23(17-5-2-1-3-6-17)31-25(32-24)30-22-8-4-7-16-11-14-20(33)15-21(16)22/h1-10,12-13,20,33H,11,14-15H2,(H2,30,31,32). The molecule has 1 aliphatic carbocycles. The maximum absolute atomic E-state index is 13.0. The molecule has 7 heteroatoms. The van der Waals surface area contributed by atoms with Crippen LogP contribution in [0, 0.1) is 0 Å². The third-order valence-electron chi connectivity index (χ3n) is 5.96. The first-order chi connectivity index (χ1) is 15.9. The van der Waals surface area contributed by atoms with Crippen LogP contribution in [-0.2, 0) is 19.0 Å². The summed E-state index contributed by atoms with van der Waals surface area (Å²) in [5.74, 6) is 0.484. The first-order valence-electron chi connectivity index (χ1n) is 10.8. The van der Waals surface area contributed by atoms with E-state index in [1.54, 1.807) is 0 Å². The van der Waals surface area contributed by atoms with Gasteiger partial charge in [-0.2, -0.15) is 13.2 Å². The van der Waals surface area contributed by atoms with Crippen LogP contribution in [0.15, 0.2) is 72.8 Å². The van der Waals surface area contributed by atoms with E-state index in [1.165, 1.54) is 17.7 Å². The molecule has 3 N–H and O–H groups in total. The Kier molecular flexibility index (Phi) is 5.42. The lowest BCUT2D eigenvalue weighted by Crippen LogP contribution is -2.19. The molecular formula is C26H22F3N3O. The number of fused-ring (bicyclic) bond motifs is 1. The maximum atomic E-state index is 13.0. The van der Waals surface area contributed by atoms with Gasteiger partial charge in [0.15, 0.2) is 0 Å². The van der Waals surface area contributed by atoms with Crippen molar-refractivity contribution in [1.82, 2.24) is 9.97 Å². The molecule has 1 aliphatic rings. The number of rotatable bonds is 4. The fourth-order valence-electron chi connectivity index (χ4n) is 4.29. The van der Waals surface area contributed by atoms with Gasteiger partial charge in [-0.25, -0.2) is 4.98 Å². The van der Waals surface area contributed by atoms with Crippen LogP contribution in [0.4, 0.5) is 24.8 Å². The van der Waals surface area contributed by atoms with E-state index < -0.39 is 11.7 Å². The number of aromatic nitrogens is 2. The molecule has 3 aromatic carbocycles. The molecule has 0 spiro atoms. The Hall–Kier alpha value is -3.58. The topological polar surface area (TPSA) is 60.9 Å². The van der Waals surface area contributed by atoms with Crippen molar-refractivity contribution in [3.8, 4) is 22.5 Å². The van der Waals surface area contributed by atoms with Crippen molar-refractivity contribution in [2.75, 3.05) is 5.32 Å². The van der Waals surface area contributed by atoms with Crippen LogP contribution in [0.25, 0.3) is 22.5 Å². The highest BCUT2D eigenvalue weighted by Gasteiger charge is 2.30. The van der Waals surface area contributed by atoms with E-state index in [2.05, 4.69) is 16.4 Å². The van der Waals surface area contributed by atoms with Crippen molar-refractivity contribution in [2.45, 2.75) is 31.5 Å². The molecule has 1 aromatic heterocycles. The number of nitrogens with zero attached hydrogens (tertiary/aromatic N) is 1. The number of nitrogens with one attached hydrogen (secondary N) is 2. The van der Waals surface area contributed by atoms with Crippen LogP contribution in [-0.4, -0.2) is 21.2 Å². The van der Waals surface area contributed by atoms with Crippen LogP contribution in [0.3, 0.4) is 0 Å². The molecule has 0 fully saturated rings. The summed E-state index contributed by atoms with van der Waals surface area (Å²) in [7, 11) is 0. The predicted octanol–water partition coefficient (Wildman–Crippen LogP) is 6.36. The van der Waals surface area contributed by atoms with Gasteiger partial charge in [0, 0.05) is 23.2 Å². The number of aryl methyl sites for hydroxylation is 1. The SMILES string of the molecule is OC1CCc2cccc(Nc3nc(-c4ccccc4)c(-c4ccc(C(F)(F)F)cc4)[nH]3)c2C1. The predicted molar refractivity (Wildman–Crippen MR) is 122 cm³/mol. The van der Waals surface area contributed by atoms with Crippen LogP contribution < -0.4 is 5.32 Å². The van der Waals surface area contributed by atoms with Gasteiger partial charge in [0.05, 0.1) is 23.1 Å². The van der Waals surface area contributed by atoms with Crippen LogP contribution in [0.2, 0.25) is 0 Å². The zero-order valence-electron chi connectivity index (χ0n) is 17.7. The summed E-state index contributed by atoms with van der Waals surface area (Å²) in [4.78, 5) is 8.00. The van der Waals surface area contributed by atoms with Crippen molar-refractivity contribution in [1.29, 1.82) is 0 Å². The van der Waals surface area contributed by atoms with Gasteiger partial charge in [0.2, 0.25) is 5.95 Å².